The number of rotatable bonds is 17. The van der Waals surface area contributed by atoms with E-state index >= 15 is 0 Å². The Balaban J connectivity index is 0. The summed E-state index contributed by atoms with van der Waals surface area (Å²) in [6.07, 6.45) is 4.90. The number of carboxylic acid groups (broad SMARTS) is 2. The second-order valence-electron chi connectivity index (χ2n) is 12.8. The van der Waals surface area contributed by atoms with Gasteiger partial charge in [-0.3, -0.25) is 0 Å². The zero-order valence-electron chi connectivity index (χ0n) is 26.3. The van der Waals surface area contributed by atoms with Gasteiger partial charge in [0.15, 0.2) is 5.60 Å². The molecule has 0 aliphatic carbocycles. The van der Waals surface area contributed by atoms with E-state index < -0.39 is 35.2 Å². The van der Waals surface area contributed by atoms with Gasteiger partial charge in [-0.2, -0.15) is 4.89 Å². The molecule has 0 spiro atoms. The second-order valence-corrected chi connectivity index (χ2v) is 12.8. The van der Waals surface area contributed by atoms with E-state index in [-0.39, 0.29) is 11.3 Å². The van der Waals surface area contributed by atoms with E-state index in [1.165, 1.54) is 0 Å². The summed E-state index contributed by atoms with van der Waals surface area (Å²) in [5.74, 6) is -0.927. The van der Waals surface area contributed by atoms with E-state index in [4.69, 9.17) is 29.4 Å². The summed E-state index contributed by atoms with van der Waals surface area (Å²) in [6, 6.07) is 0. The van der Waals surface area contributed by atoms with E-state index in [1.54, 1.807) is 0 Å². The van der Waals surface area contributed by atoms with Gasteiger partial charge >= 0.3 is 12.1 Å². The Hall–Kier alpha value is -1.42. The number of ether oxygens (including phenoxy) is 1. The molecule has 9 heteroatoms. The first-order valence-corrected chi connectivity index (χ1v) is 14.1. The lowest BCUT2D eigenvalue weighted by Gasteiger charge is -2.35. The maximum Gasteiger partial charge on any atom is 0.508 e. The van der Waals surface area contributed by atoms with Crippen molar-refractivity contribution in [2.24, 2.45) is 11.3 Å². The molecule has 0 aromatic rings. The molecule has 3 atom stereocenters. The summed E-state index contributed by atoms with van der Waals surface area (Å²) in [6.45, 7) is 23.7. The van der Waals surface area contributed by atoms with Crippen molar-refractivity contribution in [2.45, 2.75) is 164 Å². The smallest absolute Gasteiger partial charge is 0.479 e. The van der Waals surface area contributed by atoms with E-state index in [0.717, 1.165) is 44.9 Å². The van der Waals surface area contributed by atoms with Crippen LogP contribution in [0.5, 0.6) is 0 Å². The molecular formula is C29H58O9. The largest absolute Gasteiger partial charge is 0.508 e. The second kappa shape index (κ2) is 18.0. The number of unbranched alkanes of at least 4 members (excludes halogenated alkanes) is 2. The highest BCUT2D eigenvalue weighted by molar-refractivity contribution is 5.77. The molecule has 38 heavy (non-hydrogen) atoms. The monoisotopic (exact) mass is 550 g/mol. The molecule has 0 saturated heterocycles. The molecule has 3 unspecified atom stereocenters. The van der Waals surface area contributed by atoms with Gasteiger partial charge in [0.2, 0.25) is 6.29 Å². The number of carbonyl (C=O) groups is 2. The molecule has 0 radical (unpaired) electrons. The SMILES string of the molecule is CCCCC(CC)(OOC(C)(C)CC(C)(C)C)C(=O)O.CCCCC(CC)C(OOC(C)(C)C)OC(=O)O. The minimum absolute atomic E-state index is 0.0170. The van der Waals surface area contributed by atoms with Crippen LogP contribution in [-0.2, 0) is 29.1 Å². The molecule has 228 valence electrons. The lowest BCUT2D eigenvalue weighted by Crippen LogP contribution is -2.44. The first-order valence-electron chi connectivity index (χ1n) is 14.1. The molecule has 2 N–H and O–H groups in total. The molecule has 0 heterocycles. The van der Waals surface area contributed by atoms with Gasteiger partial charge in [0.1, 0.15) is 0 Å². The van der Waals surface area contributed by atoms with E-state index in [1.807, 2.05) is 55.4 Å². The zero-order chi connectivity index (χ0) is 30.2. The van der Waals surface area contributed by atoms with Crippen LogP contribution >= 0.6 is 0 Å². The first kappa shape index (κ1) is 38.7. The van der Waals surface area contributed by atoms with E-state index in [0.29, 0.717) is 12.8 Å². The minimum atomic E-state index is -1.34. The maximum absolute atomic E-state index is 11.6. The van der Waals surface area contributed by atoms with Gasteiger partial charge in [0.25, 0.3) is 0 Å². The van der Waals surface area contributed by atoms with Crippen LogP contribution in [0.2, 0.25) is 0 Å². The Morgan fingerprint density at radius 1 is 0.789 bits per heavy atom. The number of hydrogen-bond acceptors (Lipinski definition) is 7. The molecule has 0 amide bonds. The van der Waals surface area contributed by atoms with Crippen LogP contribution in [0.1, 0.15) is 141 Å². The van der Waals surface area contributed by atoms with Crippen molar-refractivity contribution >= 4 is 12.1 Å². The predicted molar refractivity (Wildman–Crippen MR) is 149 cm³/mol. The van der Waals surface area contributed by atoms with Crippen molar-refractivity contribution in [2.75, 3.05) is 0 Å². The quantitative estimate of drug-likeness (QED) is 0.0793. The van der Waals surface area contributed by atoms with Crippen LogP contribution in [0.25, 0.3) is 0 Å². The first-order chi connectivity index (χ1) is 17.3. The van der Waals surface area contributed by atoms with E-state index in [2.05, 4.69) is 27.7 Å². The van der Waals surface area contributed by atoms with Gasteiger partial charge < -0.3 is 14.9 Å². The van der Waals surface area contributed by atoms with E-state index in [9.17, 15) is 14.7 Å². The fourth-order valence-corrected chi connectivity index (χ4v) is 4.02. The summed E-state index contributed by atoms with van der Waals surface area (Å²) in [7, 11) is 0. The van der Waals surface area contributed by atoms with Crippen molar-refractivity contribution in [3.05, 3.63) is 0 Å². The number of aliphatic carboxylic acids is 1. The molecular weight excluding hydrogens is 492 g/mol. The highest BCUT2D eigenvalue weighted by atomic mass is 17.2. The Morgan fingerprint density at radius 3 is 1.71 bits per heavy atom. The number of hydrogen-bond donors (Lipinski definition) is 2. The van der Waals surface area contributed by atoms with Crippen LogP contribution in [-0.4, -0.2) is 45.4 Å². The molecule has 0 rings (SSSR count). The lowest BCUT2D eigenvalue weighted by atomic mass is 9.84. The third-order valence-corrected chi connectivity index (χ3v) is 5.73. The van der Waals surface area contributed by atoms with Crippen molar-refractivity contribution < 1.29 is 44.1 Å². The number of carboxylic acids is 1. The third kappa shape index (κ3) is 18.8. The van der Waals surface area contributed by atoms with Crippen molar-refractivity contribution in [3.63, 3.8) is 0 Å². The molecule has 0 aromatic carbocycles. The zero-order valence-corrected chi connectivity index (χ0v) is 26.3. The molecule has 0 saturated carbocycles. The van der Waals surface area contributed by atoms with Crippen molar-refractivity contribution in [1.82, 2.24) is 0 Å². The summed E-state index contributed by atoms with van der Waals surface area (Å²) in [5.41, 5.74) is -2.15. The summed E-state index contributed by atoms with van der Waals surface area (Å²) in [5, 5.41) is 18.2. The highest BCUT2D eigenvalue weighted by Crippen LogP contribution is 2.33. The summed E-state index contributed by atoms with van der Waals surface area (Å²) < 4.78 is 4.77. The predicted octanol–water partition coefficient (Wildman–Crippen LogP) is 8.54. The highest BCUT2D eigenvalue weighted by Gasteiger charge is 2.41. The van der Waals surface area contributed by atoms with Gasteiger partial charge in [-0.1, -0.05) is 74.1 Å². The molecule has 0 aromatic heterocycles. The molecule has 0 fully saturated rings. The normalized spacial score (nSPS) is 15.6. The summed E-state index contributed by atoms with van der Waals surface area (Å²) in [4.78, 5) is 43.6. The molecule has 0 aliphatic rings. The maximum atomic E-state index is 11.6. The standard InChI is InChI=1S/C16H32O4.C13H26O5/c1-8-10-11-16(9-2,13(17)18)20-19-15(6,7)12-14(3,4)5;1-6-8-9-10(7-2)11(16-12(14)15)17-18-13(3,4)5/h8-12H2,1-7H3,(H,17,18);10-11H,6-9H2,1-5H3,(H,14,15). The molecule has 0 bridgehead atoms. The Bertz CT molecular complexity index is 649. The van der Waals surface area contributed by atoms with Crippen molar-refractivity contribution in [3.8, 4) is 0 Å². The molecule has 0 aliphatic heterocycles. The Morgan fingerprint density at radius 2 is 1.34 bits per heavy atom. The average molecular weight is 551 g/mol. The lowest BCUT2D eigenvalue weighted by molar-refractivity contribution is -0.418. The fraction of sp³-hybridized carbons (Fsp3) is 0.931. The van der Waals surface area contributed by atoms with Crippen LogP contribution in [0, 0.1) is 11.3 Å². The summed E-state index contributed by atoms with van der Waals surface area (Å²) >= 11 is 0. The Labute approximate surface area is 231 Å². The third-order valence-electron chi connectivity index (χ3n) is 5.73. The van der Waals surface area contributed by atoms with Gasteiger partial charge in [-0.15, -0.1) is 0 Å². The topological polar surface area (TPSA) is 121 Å². The van der Waals surface area contributed by atoms with Crippen LogP contribution in [0.3, 0.4) is 0 Å². The van der Waals surface area contributed by atoms with Crippen LogP contribution in [0.4, 0.5) is 4.79 Å². The van der Waals surface area contributed by atoms with Crippen molar-refractivity contribution in [1.29, 1.82) is 0 Å². The van der Waals surface area contributed by atoms with Gasteiger partial charge in [0.05, 0.1) is 11.2 Å². The van der Waals surface area contributed by atoms with Gasteiger partial charge in [0, 0.05) is 5.92 Å². The average Bonchev–Trinajstić information content (AvgIpc) is 2.76. The molecule has 9 nitrogen and oxygen atoms in total. The fourth-order valence-electron chi connectivity index (χ4n) is 4.02. The van der Waals surface area contributed by atoms with Gasteiger partial charge in [-0.05, 0) is 72.1 Å². The Kier molecular flexibility index (Phi) is 18.4. The minimum Gasteiger partial charge on any atom is -0.479 e. The van der Waals surface area contributed by atoms with Crippen LogP contribution in [0.15, 0.2) is 0 Å². The van der Waals surface area contributed by atoms with Gasteiger partial charge in [-0.25, -0.2) is 24.3 Å². The van der Waals surface area contributed by atoms with Crippen LogP contribution < -0.4 is 0 Å².